The summed E-state index contributed by atoms with van der Waals surface area (Å²) in [7, 11) is 1.54. The molecule has 2 rings (SSSR count). The summed E-state index contributed by atoms with van der Waals surface area (Å²) in [5, 5.41) is 9.88. The third kappa shape index (κ3) is 3.18. The van der Waals surface area contributed by atoms with E-state index in [1.54, 1.807) is 25.1 Å². The van der Waals surface area contributed by atoms with E-state index in [0.717, 1.165) is 0 Å². The molecule has 0 fully saturated rings. The van der Waals surface area contributed by atoms with E-state index in [1.165, 1.54) is 7.11 Å². The van der Waals surface area contributed by atoms with Crippen LogP contribution in [0, 0.1) is 0 Å². The summed E-state index contributed by atoms with van der Waals surface area (Å²) in [6, 6.07) is 4.97. The first-order valence-corrected chi connectivity index (χ1v) is 6.97. The van der Waals surface area contributed by atoms with Crippen molar-refractivity contribution in [3.05, 3.63) is 45.3 Å². The lowest BCUT2D eigenvalue weighted by Crippen LogP contribution is -2.21. The normalized spacial score (nSPS) is 10.9. The van der Waals surface area contributed by atoms with E-state index in [2.05, 4.69) is 0 Å². The zero-order valence-corrected chi connectivity index (χ0v) is 12.5. The molecule has 0 bridgehead atoms. The van der Waals surface area contributed by atoms with Crippen molar-refractivity contribution in [1.82, 2.24) is 0 Å². The summed E-state index contributed by atoms with van der Waals surface area (Å²) < 4.78 is 15.2. The summed E-state index contributed by atoms with van der Waals surface area (Å²) >= 11 is 0. The second-order valence-corrected chi connectivity index (χ2v) is 4.69. The van der Waals surface area contributed by atoms with Gasteiger partial charge in [0, 0.05) is 12.5 Å². The van der Waals surface area contributed by atoms with Crippen LogP contribution >= 0.6 is 0 Å². The van der Waals surface area contributed by atoms with Crippen LogP contribution in [0.5, 0.6) is 0 Å². The van der Waals surface area contributed by atoms with Crippen LogP contribution < -0.4 is 5.63 Å². The van der Waals surface area contributed by atoms with Gasteiger partial charge in [0.2, 0.25) is 0 Å². The van der Waals surface area contributed by atoms with Crippen molar-refractivity contribution < 1.29 is 23.8 Å². The fraction of sp³-hybridized carbons (Fsp3) is 0.375. The van der Waals surface area contributed by atoms with Gasteiger partial charge < -0.3 is 19.0 Å². The molecule has 2 aromatic rings. The van der Waals surface area contributed by atoms with E-state index in [0.29, 0.717) is 35.1 Å². The van der Waals surface area contributed by atoms with Crippen LogP contribution in [-0.4, -0.2) is 31.4 Å². The number of fused-ring (bicyclic) bond motifs is 1. The van der Waals surface area contributed by atoms with Crippen LogP contribution in [0.25, 0.3) is 11.0 Å². The lowest BCUT2D eigenvalue weighted by Gasteiger charge is -2.11. The molecule has 1 aromatic carbocycles. The zero-order valence-electron chi connectivity index (χ0n) is 12.5. The Kier molecular flexibility index (Phi) is 5.30. The standard InChI is InChI=1S/C16H18O6/c1-3-21-15(18)14-11(6-7-20-2)12-8-10(9-17)4-5-13(12)22-16(14)19/h4-5,8,17H,3,6-7,9H2,1-2H3. The molecule has 6 nitrogen and oxygen atoms in total. The number of hydrogen-bond donors (Lipinski definition) is 1. The van der Waals surface area contributed by atoms with Crippen LogP contribution in [0.2, 0.25) is 0 Å². The van der Waals surface area contributed by atoms with Gasteiger partial charge in [0.05, 0.1) is 19.8 Å². The van der Waals surface area contributed by atoms with Gasteiger partial charge in [-0.2, -0.15) is 0 Å². The molecule has 1 heterocycles. The lowest BCUT2D eigenvalue weighted by molar-refractivity contribution is 0.0520. The molecule has 0 saturated heterocycles. The van der Waals surface area contributed by atoms with Gasteiger partial charge in [-0.25, -0.2) is 9.59 Å². The number of ether oxygens (including phenoxy) is 2. The molecule has 6 heteroatoms. The van der Waals surface area contributed by atoms with E-state index in [9.17, 15) is 14.7 Å². The summed E-state index contributed by atoms with van der Waals surface area (Å²) in [5.41, 5.74) is 0.702. The molecule has 118 valence electrons. The Morgan fingerprint density at radius 2 is 2.14 bits per heavy atom. The Morgan fingerprint density at radius 1 is 1.36 bits per heavy atom. The second kappa shape index (κ2) is 7.20. The number of hydrogen-bond acceptors (Lipinski definition) is 6. The average molecular weight is 306 g/mol. The molecule has 0 aliphatic carbocycles. The molecule has 0 spiro atoms. The van der Waals surface area contributed by atoms with E-state index < -0.39 is 11.6 Å². The van der Waals surface area contributed by atoms with Gasteiger partial charge in [-0.15, -0.1) is 0 Å². The van der Waals surface area contributed by atoms with Crippen LogP contribution in [0.15, 0.2) is 27.4 Å². The van der Waals surface area contributed by atoms with Gasteiger partial charge in [0.25, 0.3) is 0 Å². The van der Waals surface area contributed by atoms with E-state index in [4.69, 9.17) is 13.9 Å². The number of aliphatic hydroxyl groups excluding tert-OH is 1. The van der Waals surface area contributed by atoms with Gasteiger partial charge in [-0.05, 0) is 36.6 Å². The fourth-order valence-corrected chi connectivity index (χ4v) is 2.28. The minimum absolute atomic E-state index is 0.110. The molecule has 22 heavy (non-hydrogen) atoms. The molecular weight excluding hydrogens is 288 g/mol. The van der Waals surface area contributed by atoms with Crippen LogP contribution in [-0.2, 0) is 22.5 Å². The molecule has 1 aromatic heterocycles. The number of carbonyl (C=O) groups excluding carboxylic acids is 1. The van der Waals surface area contributed by atoms with Crippen LogP contribution in [0.4, 0.5) is 0 Å². The molecule has 0 atom stereocenters. The van der Waals surface area contributed by atoms with Gasteiger partial charge in [0.15, 0.2) is 0 Å². The first kappa shape index (κ1) is 16.2. The highest BCUT2D eigenvalue weighted by Gasteiger charge is 2.22. The maximum Gasteiger partial charge on any atom is 0.351 e. The van der Waals surface area contributed by atoms with Crippen molar-refractivity contribution in [1.29, 1.82) is 0 Å². The highest BCUT2D eigenvalue weighted by molar-refractivity contribution is 5.96. The van der Waals surface area contributed by atoms with Crippen molar-refractivity contribution in [2.75, 3.05) is 20.3 Å². The van der Waals surface area contributed by atoms with E-state index in [1.807, 2.05) is 0 Å². The summed E-state index contributed by atoms with van der Waals surface area (Å²) in [6.45, 7) is 2.03. The molecule has 0 radical (unpaired) electrons. The van der Waals surface area contributed by atoms with Crippen molar-refractivity contribution >= 4 is 16.9 Å². The smallest absolute Gasteiger partial charge is 0.351 e. The van der Waals surface area contributed by atoms with Crippen molar-refractivity contribution in [2.45, 2.75) is 20.0 Å². The minimum atomic E-state index is -0.728. The Bertz CT molecular complexity index is 731. The van der Waals surface area contributed by atoms with Crippen molar-refractivity contribution in [3.8, 4) is 0 Å². The lowest BCUT2D eigenvalue weighted by atomic mass is 10.00. The molecule has 1 N–H and O–H groups in total. The Labute approximate surface area is 127 Å². The summed E-state index contributed by atoms with van der Waals surface area (Å²) in [4.78, 5) is 24.2. The van der Waals surface area contributed by atoms with Gasteiger partial charge in [-0.3, -0.25) is 0 Å². The largest absolute Gasteiger partial charge is 0.462 e. The maximum absolute atomic E-state index is 12.1. The zero-order chi connectivity index (χ0) is 16.1. The van der Waals surface area contributed by atoms with Gasteiger partial charge in [-0.1, -0.05) is 6.07 Å². The molecule has 0 aliphatic heterocycles. The highest BCUT2D eigenvalue weighted by atomic mass is 16.5. The fourth-order valence-electron chi connectivity index (χ4n) is 2.28. The minimum Gasteiger partial charge on any atom is -0.462 e. The third-order valence-electron chi connectivity index (χ3n) is 3.30. The number of esters is 1. The number of methoxy groups -OCH3 is 1. The number of carbonyl (C=O) groups is 1. The quantitative estimate of drug-likeness (QED) is 0.645. The number of benzene rings is 1. The van der Waals surface area contributed by atoms with Crippen LogP contribution in [0.3, 0.4) is 0 Å². The van der Waals surface area contributed by atoms with Gasteiger partial charge >= 0.3 is 11.6 Å². The summed E-state index contributed by atoms with van der Waals surface area (Å²) in [6.07, 6.45) is 0.363. The summed E-state index contributed by atoms with van der Waals surface area (Å²) in [5.74, 6) is -0.710. The van der Waals surface area contributed by atoms with E-state index in [-0.39, 0.29) is 18.8 Å². The number of aliphatic hydroxyl groups is 1. The Hall–Kier alpha value is -2.18. The molecule has 0 aliphatic rings. The van der Waals surface area contributed by atoms with Crippen molar-refractivity contribution in [2.24, 2.45) is 0 Å². The van der Waals surface area contributed by atoms with Crippen LogP contribution in [0.1, 0.15) is 28.4 Å². The molecule has 0 amide bonds. The monoisotopic (exact) mass is 306 g/mol. The predicted molar refractivity (Wildman–Crippen MR) is 79.9 cm³/mol. The molecular formula is C16H18O6. The third-order valence-corrected chi connectivity index (χ3v) is 3.30. The topological polar surface area (TPSA) is 86.0 Å². The highest BCUT2D eigenvalue weighted by Crippen LogP contribution is 2.23. The van der Waals surface area contributed by atoms with E-state index >= 15 is 0 Å². The average Bonchev–Trinajstić information content (AvgIpc) is 2.51. The molecule has 0 unspecified atom stereocenters. The molecule has 0 saturated carbocycles. The number of rotatable bonds is 6. The first-order chi connectivity index (χ1) is 10.6. The SMILES string of the molecule is CCOC(=O)c1c(CCOC)c2cc(CO)ccc2oc1=O. The Morgan fingerprint density at radius 3 is 2.77 bits per heavy atom. The maximum atomic E-state index is 12.1. The van der Waals surface area contributed by atoms with Gasteiger partial charge in [0.1, 0.15) is 11.1 Å². The first-order valence-electron chi connectivity index (χ1n) is 6.97. The Balaban J connectivity index is 2.72. The second-order valence-electron chi connectivity index (χ2n) is 4.69. The van der Waals surface area contributed by atoms with Crippen molar-refractivity contribution in [3.63, 3.8) is 0 Å². The predicted octanol–water partition coefficient (Wildman–Crippen LogP) is 1.65.